The van der Waals surface area contributed by atoms with Crippen LogP contribution in [0.5, 0.6) is 0 Å². The third kappa shape index (κ3) is 3.58. The van der Waals surface area contributed by atoms with Crippen molar-refractivity contribution in [2.45, 2.75) is 14.4 Å². The van der Waals surface area contributed by atoms with Crippen LogP contribution in [0.1, 0.15) is 5.56 Å². The van der Waals surface area contributed by atoms with Gasteiger partial charge in [0.2, 0.25) is 0 Å². The molecule has 2 N–H and O–H groups in total. The number of nitrogen functional groups attached to an aromatic ring is 1. The normalized spacial score (nSPS) is 10.7. The van der Waals surface area contributed by atoms with Gasteiger partial charge in [0, 0.05) is 11.4 Å². The minimum atomic E-state index is -0.303. The molecule has 0 saturated carbocycles. The van der Waals surface area contributed by atoms with Crippen LogP contribution < -0.4 is 5.73 Å². The molecule has 0 spiro atoms. The Bertz CT molecular complexity index is 495. The fourth-order valence-electron chi connectivity index (χ4n) is 1.24. The number of hydrogen-bond donors (Lipinski definition) is 1. The van der Waals surface area contributed by atoms with Gasteiger partial charge in [0.25, 0.3) is 0 Å². The second-order valence-corrected chi connectivity index (χ2v) is 6.47. The Morgan fingerprint density at radius 1 is 1.29 bits per heavy atom. The van der Waals surface area contributed by atoms with Crippen molar-refractivity contribution in [2.24, 2.45) is 0 Å². The van der Waals surface area contributed by atoms with Gasteiger partial charge in [-0.1, -0.05) is 34.9 Å². The van der Waals surface area contributed by atoms with Gasteiger partial charge in [0.05, 0.1) is 0 Å². The van der Waals surface area contributed by atoms with Crippen molar-refractivity contribution >= 4 is 40.5 Å². The monoisotopic (exact) mass is 287 g/mol. The molecule has 1 heterocycles. The van der Waals surface area contributed by atoms with Gasteiger partial charge >= 0.3 is 0 Å². The van der Waals surface area contributed by atoms with Gasteiger partial charge in [-0.05, 0) is 30.0 Å². The molecular formula is C10H10FN3S3. The third-order valence-corrected chi connectivity index (χ3v) is 5.01. The molecule has 0 fully saturated rings. The molecule has 0 unspecified atom stereocenters. The molecule has 7 heteroatoms. The summed E-state index contributed by atoms with van der Waals surface area (Å²) in [5.41, 5.74) is 6.88. The van der Waals surface area contributed by atoms with E-state index in [9.17, 15) is 4.39 Å². The molecule has 0 atom stereocenters. The van der Waals surface area contributed by atoms with E-state index in [1.54, 1.807) is 17.8 Å². The molecule has 3 nitrogen and oxygen atoms in total. The molecule has 0 aliphatic carbocycles. The third-order valence-electron chi connectivity index (χ3n) is 1.90. The molecule has 0 radical (unpaired) electrons. The Kier molecular flexibility index (Phi) is 4.25. The molecule has 0 bridgehead atoms. The molecule has 1 aromatic heterocycles. The largest absolute Gasteiger partial charge is 0.399 e. The number of rotatable bonds is 4. The first-order valence-corrected chi connectivity index (χ1v) is 7.75. The van der Waals surface area contributed by atoms with Gasteiger partial charge in [-0.3, -0.25) is 0 Å². The van der Waals surface area contributed by atoms with Crippen molar-refractivity contribution < 1.29 is 4.39 Å². The molecule has 1 aromatic carbocycles. The molecule has 17 heavy (non-hydrogen) atoms. The van der Waals surface area contributed by atoms with Crippen molar-refractivity contribution in [3.05, 3.63) is 29.6 Å². The van der Waals surface area contributed by atoms with Gasteiger partial charge in [-0.25, -0.2) is 4.39 Å². The van der Waals surface area contributed by atoms with Crippen molar-refractivity contribution in [1.29, 1.82) is 0 Å². The number of halogens is 1. The highest BCUT2D eigenvalue weighted by Crippen LogP contribution is 2.30. The highest BCUT2D eigenvalue weighted by molar-refractivity contribution is 8.02. The van der Waals surface area contributed by atoms with Crippen molar-refractivity contribution in [2.75, 3.05) is 12.0 Å². The average Bonchev–Trinajstić information content (AvgIpc) is 2.73. The van der Waals surface area contributed by atoms with Crippen LogP contribution in [-0.4, -0.2) is 16.5 Å². The minimum absolute atomic E-state index is 0.303. The van der Waals surface area contributed by atoms with E-state index >= 15 is 0 Å². The van der Waals surface area contributed by atoms with E-state index in [1.165, 1.54) is 35.2 Å². The predicted molar refractivity (Wildman–Crippen MR) is 72.1 cm³/mol. The van der Waals surface area contributed by atoms with Gasteiger partial charge in [0.1, 0.15) is 5.82 Å². The number of benzene rings is 1. The van der Waals surface area contributed by atoms with Crippen LogP contribution in [0.2, 0.25) is 0 Å². The van der Waals surface area contributed by atoms with E-state index in [0.717, 1.165) is 14.2 Å². The van der Waals surface area contributed by atoms with Crippen molar-refractivity contribution in [3.63, 3.8) is 0 Å². The van der Waals surface area contributed by atoms with Gasteiger partial charge < -0.3 is 5.73 Å². The number of hydrogen-bond acceptors (Lipinski definition) is 6. The lowest BCUT2D eigenvalue weighted by molar-refractivity contribution is 0.627. The van der Waals surface area contributed by atoms with E-state index in [2.05, 4.69) is 10.2 Å². The fourth-order valence-corrected chi connectivity index (χ4v) is 3.61. The summed E-state index contributed by atoms with van der Waals surface area (Å²) in [7, 11) is 0. The van der Waals surface area contributed by atoms with Crippen LogP contribution in [0.4, 0.5) is 10.1 Å². The summed E-state index contributed by atoms with van der Waals surface area (Å²) in [5.74, 6) is 0.341. The first kappa shape index (κ1) is 12.7. The highest BCUT2D eigenvalue weighted by atomic mass is 32.2. The van der Waals surface area contributed by atoms with Gasteiger partial charge in [0.15, 0.2) is 8.68 Å². The summed E-state index contributed by atoms with van der Waals surface area (Å²) < 4.78 is 14.9. The topological polar surface area (TPSA) is 51.8 Å². The molecule has 0 aliphatic heterocycles. The zero-order chi connectivity index (χ0) is 12.3. The lowest BCUT2D eigenvalue weighted by Gasteiger charge is -2.01. The second-order valence-electron chi connectivity index (χ2n) is 3.22. The molecule has 2 aromatic rings. The van der Waals surface area contributed by atoms with Crippen molar-refractivity contribution in [1.82, 2.24) is 10.2 Å². The van der Waals surface area contributed by atoms with E-state index in [-0.39, 0.29) is 5.82 Å². The van der Waals surface area contributed by atoms with E-state index in [4.69, 9.17) is 5.73 Å². The summed E-state index contributed by atoms with van der Waals surface area (Å²) in [4.78, 5) is 0. The lowest BCUT2D eigenvalue weighted by atomic mass is 10.2. The summed E-state index contributed by atoms with van der Waals surface area (Å²) in [6.07, 6.45) is 1.96. The maximum Gasteiger partial charge on any atom is 0.175 e. The average molecular weight is 287 g/mol. The summed E-state index contributed by atoms with van der Waals surface area (Å²) in [6.45, 7) is 0. The zero-order valence-corrected chi connectivity index (χ0v) is 11.5. The van der Waals surface area contributed by atoms with E-state index in [1.807, 2.05) is 6.26 Å². The summed E-state index contributed by atoms with van der Waals surface area (Å²) >= 11 is 4.64. The smallest absolute Gasteiger partial charge is 0.175 e. The maximum absolute atomic E-state index is 13.1. The minimum Gasteiger partial charge on any atom is -0.399 e. The molecule has 90 valence electrons. The van der Waals surface area contributed by atoms with E-state index in [0.29, 0.717) is 11.4 Å². The standard InChI is InChI=1S/C10H10FN3S3/c1-15-9-13-14-10(17-9)16-5-6-2-7(11)4-8(12)3-6/h2-4H,5,12H2,1H3. The Balaban J connectivity index is 2.01. The fraction of sp³-hybridized carbons (Fsp3) is 0.200. The van der Waals surface area contributed by atoms with Crippen LogP contribution in [0.25, 0.3) is 0 Å². The maximum atomic E-state index is 13.1. The van der Waals surface area contributed by atoms with Gasteiger partial charge in [-0.2, -0.15) is 0 Å². The Labute approximate surface area is 111 Å². The number of anilines is 1. The van der Waals surface area contributed by atoms with Crippen LogP contribution in [0, 0.1) is 5.82 Å². The number of nitrogens with two attached hydrogens (primary N) is 1. The summed E-state index contributed by atoms with van der Waals surface area (Å²) in [5, 5.41) is 8.03. The molecule has 0 amide bonds. The first-order chi connectivity index (χ1) is 8.17. The summed E-state index contributed by atoms with van der Waals surface area (Å²) in [6, 6.07) is 4.57. The molecule has 0 aliphatic rings. The number of aromatic nitrogens is 2. The van der Waals surface area contributed by atoms with Crippen LogP contribution in [-0.2, 0) is 5.75 Å². The first-order valence-electron chi connectivity index (χ1n) is 4.72. The van der Waals surface area contributed by atoms with Crippen LogP contribution in [0.3, 0.4) is 0 Å². The van der Waals surface area contributed by atoms with E-state index < -0.39 is 0 Å². The Hall–Kier alpha value is -0.790. The van der Waals surface area contributed by atoms with Crippen LogP contribution in [0.15, 0.2) is 26.9 Å². The van der Waals surface area contributed by atoms with Gasteiger partial charge in [-0.15, -0.1) is 10.2 Å². The Morgan fingerprint density at radius 3 is 2.71 bits per heavy atom. The lowest BCUT2D eigenvalue weighted by Crippen LogP contribution is -1.90. The van der Waals surface area contributed by atoms with Crippen LogP contribution >= 0.6 is 34.9 Å². The predicted octanol–water partition coefficient (Wildman–Crippen LogP) is 3.27. The second kappa shape index (κ2) is 5.70. The number of thioether (sulfide) groups is 2. The quantitative estimate of drug-likeness (QED) is 0.691. The highest BCUT2D eigenvalue weighted by Gasteiger charge is 2.05. The molecule has 0 saturated heterocycles. The molecular weight excluding hydrogens is 277 g/mol. The SMILES string of the molecule is CSc1nnc(SCc2cc(N)cc(F)c2)s1. The Morgan fingerprint density at radius 2 is 2.06 bits per heavy atom. The number of nitrogens with zero attached hydrogens (tertiary/aromatic N) is 2. The zero-order valence-electron chi connectivity index (χ0n) is 9.01. The molecule has 2 rings (SSSR count). The van der Waals surface area contributed by atoms with Crippen molar-refractivity contribution in [3.8, 4) is 0 Å².